The van der Waals surface area contributed by atoms with Gasteiger partial charge in [-0.25, -0.2) is 19.2 Å². The van der Waals surface area contributed by atoms with Crippen LogP contribution in [0, 0.1) is 0 Å². The van der Waals surface area contributed by atoms with E-state index < -0.39 is 24.1 Å². The normalized spacial score (nSPS) is 10.2. The first-order chi connectivity index (χ1) is 18.1. The Labute approximate surface area is 219 Å². The van der Waals surface area contributed by atoms with E-state index >= 15 is 0 Å². The first-order valence-corrected chi connectivity index (χ1v) is 11.5. The van der Waals surface area contributed by atoms with Crippen LogP contribution in [-0.2, 0) is 19.1 Å². The Morgan fingerprint density at radius 2 is 1.32 bits per heavy atom. The van der Waals surface area contributed by atoms with Crippen molar-refractivity contribution in [3.8, 4) is 17.2 Å². The Hall–Kier alpha value is -4.58. The van der Waals surface area contributed by atoms with E-state index in [2.05, 4.69) is 23.8 Å². The van der Waals surface area contributed by atoms with E-state index in [1.807, 2.05) is 0 Å². The highest BCUT2D eigenvalue weighted by Crippen LogP contribution is 2.41. The molecule has 0 saturated heterocycles. The number of benzene rings is 2. The molecule has 204 valence electrons. The lowest BCUT2D eigenvalue weighted by Crippen LogP contribution is -2.31. The number of nitrogens with one attached hydrogen (secondary N) is 2. The van der Waals surface area contributed by atoms with Gasteiger partial charge in [-0.15, -0.1) is 0 Å². The number of ether oxygens (including phenoxy) is 5. The lowest BCUT2D eigenvalue weighted by Gasteiger charge is -2.17. The maximum Gasteiger partial charge on any atom is 0.412 e. The van der Waals surface area contributed by atoms with E-state index in [4.69, 9.17) is 23.7 Å². The molecule has 0 radical (unpaired) electrons. The maximum atomic E-state index is 12.4. The Kier molecular flexibility index (Phi) is 11.6. The van der Waals surface area contributed by atoms with E-state index in [0.717, 1.165) is 0 Å². The Balaban J connectivity index is 2.16. The number of esters is 2. The van der Waals surface area contributed by atoms with Gasteiger partial charge in [0.1, 0.15) is 25.6 Å². The molecule has 0 spiro atoms. The second-order valence-electron chi connectivity index (χ2n) is 7.78. The van der Waals surface area contributed by atoms with Crippen molar-refractivity contribution in [3.63, 3.8) is 0 Å². The summed E-state index contributed by atoms with van der Waals surface area (Å²) in [7, 11) is 0. The van der Waals surface area contributed by atoms with Gasteiger partial charge >= 0.3 is 24.1 Å². The van der Waals surface area contributed by atoms with Crippen LogP contribution in [0.25, 0.3) is 10.8 Å². The van der Waals surface area contributed by atoms with Gasteiger partial charge in [-0.2, -0.15) is 0 Å². The summed E-state index contributed by atoms with van der Waals surface area (Å²) in [5.74, 6) is -1.03. The number of rotatable bonds is 13. The number of hydrogen-bond donors (Lipinski definition) is 3. The standard InChI is InChI=1S/C26H30N2O10/c1-16(2)23(30)35-12-9-27-25(32)37-20-15-21(34-14-11-29)22(19-8-6-5-7-18(19)20)38-26(33)28-10-13-36-24(31)17(3)4/h5-8,15,29H,1,3,9-14H2,2,4H3,(H,27,32)(H,28,33). The molecule has 0 aliphatic heterocycles. The number of hydrogen-bond acceptors (Lipinski definition) is 10. The molecule has 0 atom stereocenters. The molecule has 12 heteroatoms. The van der Waals surface area contributed by atoms with Crippen LogP contribution in [0.3, 0.4) is 0 Å². The molecule has 3 N–H and O–H groups in total. The van der Waals surface area contributed by atoms with Crippen LogP contribution in [0.15, 0.2) is 54.6 Å². The van der Waals surface area contributed by atoms with Crippen molar-refractivity contribution in [2.24, 2.45) is 0 Å². The number of aliphatic hydroxyl groups excluding tert-OH is 1. The third kappa shape index (κ3) is 9.13. The van der Waals surface area contributed by atoms with Gasteiger partial charge in [0.25, 0.3) is 0 Å². The monoisotopic (exact) mass is 530 g/mol. The quantitative estimate of drug-likeness (QED) is 0.200. The Morgan fingerprint density at radius 1 is 0.789 bits per heavy atom. The zero-order valence-electron chi connectivity index (χ0n) is 21.2. The third-order valence-electron chi connectivity index (χ3n) is 4.58. The average molecular weight is 531 g/mol. The molecule has 0 bridgehead atoms. The SMILES string of the molecule is C=C(C)C(=O)OCCNC(=O)Oc1cc(OCCO)c(OC(=O)NCCOC(=O)C(=C)C)c2ccccc12. The molecule has 2 aromatic rings. The predicted octanol–water partition coefficient (Wildman–Crippen LogP) is 2.63. The summed E-state index contributed by atoms with van der Waals surface area (Å²) in [6.07, 6.45) is -1.68. The minimum atomic E-state index is -0.855. The van der Waals surface area contributed by atoms with Crippen LogP contribution in [0.4, 0.5) is 9.59 Å². The zero-order valence-corrected chi connectivity index (χ0v) is 21.2. The fraction of sp³-hybridized carbons (Fsp3) is 0.308. The molecule has 0 fully saturated rings. The van der Waals surface area contributed by atoms with E-state index in [1.165, 1.54) is 19.9 Å². The van der Waals surface area contributed by atoms with Crippen LogP contribution >= 0.6 is 0 Å². The van der Waals surface area contributed by atoms with Gasteiger partial charge in [0.2, 0.25) is 0 Å². The van der Waals surface area contributed by atoms with Gasteiger partial charge in [0.05, 0.1) is 19.7 Å². The Morgan fingerprint density at radius 3 is 1.84 bits per heavy atom. The highest BCUT2D eigenvalue weighted by Gasteiger charge is 2.20. The van der Waals surface area contributed by atoms with Crippen molar-refractivity contribution < 1.29 is 48.0 Å². The van der Waals surface area contributed by atoms with Crippen molar-refractivity contribution in [2.75, 3.05) is 39.5 Å². The number of carbonyl (C=O) groups is 4. The summed E-state index contributed by atoms with van der Waals surface area (Å²) < 4.78 is 26.3. The molecule has 0 aliphatic rings. The maximum absolute atomic E-state index is 12.4. The lowest BCUT2D eigenvalue weighted by atomic mass is 10.1. The second kappa shape index (κ2) is 14.9. The van der Waals surface area contributed by atoms with Gasteiger partial charge in [0, 0.05) is 28.0 Å². The topological polar surface area (TPSA) is 159 Å². The Bertz CT molecular complexity index is 1210. The van der Waals surface area contributed by atoms with Crippen molar-refractivity contribution in [1.29, 1.82) is 0 Å². The molecule has 0 aliphatic carbocycles. The third-order valence-corrected chi connectivity index (χ3v) is 4.58. The first kappa shape index (κ1) is 29.6. The highest BCUT2D eigenvalue weighted by atomic mass is 16.6. The molecule has 2 aromatic carbocycles. The second-order valence-corrected chi connectivity index (χ2v) is 7.78. The van der Waals surface area contributed by atoms with Gasteiger partial charge in [-0.3, -0.25) is 0 Å². The summed E-state index contributed by atoms with van der Waals surface area (Å²) in [5, 5.41) is 14.9. The molecule has 12 nitrogen and oxygen atoms in total. The van der Waals surface area contributed by atoms with E-state index in [1.54, 1.807) is 24.3 Å². The van der Waals surface area contributed by atoms with Crippen LogP contribution in [0.1, 0.15) is 13.8 Å². The lowest BCUT2D eigenvalue weighted by molar-refractivity contribution is -0.139. The van der Waals surface area contributed by atoms with Crippen LogP contribution in [-0.4, -0.2) is 68.7 Å². The smallest absolute Gasteiger partial charge is 0.412 e. The molecule has 2 rings (SSSR count). The molecule has 38 heavy (non-hydrogen) atoms. The average Bonchev–Trinajstić information content (AvgIpc) is 2.89. The summed E-state index contributed by atoms with van der Waals surface area (Å²) in [6, 6.07) is 7.98. The number of amides is 2. The van der Waals surface area contributed by atoms with E-state index in [-0.39, 0.29) is 67.9 Å². The summed E-state index contributed by atoms with van der Waals surface area (Å²) in [6.45, 7) is 9.28. The van der Waals surface area contributed by atoms with E-state index in [0.29, 0.717) is 10.8 Å². The van der Waals surface area contributed by atoms with Crippen molar-refractivity contribution in [2.45, 2.75) is 13.8 Å². The molecular weight excluding hydrogens is 500 g/mol. The molecule has 0 heterocycles. The van der Waals surface area contributed by atoms with Gasteiger partial charge < -0.3 is 39.4 Å². The number of carbonyl (C=O) groups excluding carboxylic acids is 4. The van der Waals surface area contributed by atoms with Crippen LogP contribution in [0.2, 0.25) is 0 Å². The summed E-state index contributed by atoms with van der Waals surface area (Å²) >= 11 is 0. The van der Waals surface area contributed by atoms with Crippen LogP contribution in [0.5, 0.6) is 17.2 Å². The summed E-state index contributed by atoms with van der Waals surface area (Å²) in [5.41, 5.74) is 0.462. The van der Waals surface area contributed by atoms with Crippen molar-refractivity contribution in [1.82, 2.24) is 10.6 Å². The molecular formula is C26H30N2O10. The fourth-order valence-corrected chi connectivity index (χ4v) is 2.85. The molecule has 2 amide bonds. The highest BCUT2D eigenvalue weighted by molar-refractivity contribution is 5.98. The predicted molar refractivity (Wildman–Crippen MR) is 136 cm³/mol. The van der Waals surface area contributed by atoms with Crippen molar-refractivity contribution in [3.05, 3.63) is 54.6 Å². The minimum absolute atomic E-state index is 0.00724. The molecule has 0 aromatic heterocycles. The zero-order chi connectivity index (χ0) is 28.1. The van der Waals surface area contributed by atoms with E-state index in [9.17, 15) is 24.3 Å². The van der Waals surface area contributed by atoms with Gasteiger partial charge in [-0.1, -0.05) is 37.4 Å². The van der Waals surface area contributed by atoms with Crippen molar-refractivity contribution >= 4 is 34.9 Å². The minimum Gasteiger partial charge on any atom is -0.487 e. The summed E-state index contributed by atoms with van der Waals surface area (Å²) in [4.78, 5) is 47.6. The molecule has 0 saturated carbocycles. The van der Waals surface area contributed by atoms with Gasteiger partial charge in [0.15, 0.2) is 11.5 Å². The first-order valence-electron chi connectivity index (χ1n) is 11.5. The number of aliphatic hydroxyl groups is 1. The molecule has 0 unspecified atom stereocenters. The fourth-order valence-electron chi connectivity index (χ4n) is 2.85. The number of fused-ring (bicyclic) bond motifs is 1. The van der Waals surface area contributed by atoms with Crippen LogP contribution < -0.4 is 24.8 Å². The van der Waals surface area contributed by atoms with Gasteiger partial charge in [-0.05, 0) is 13.8 Å². The largest absolute Gasteiger partial charge is 0.487 e.